The third-order valence-electron chi connectivity index (χ3n) is 3.77. The number of carbonyl (C=O) groups is 1. The minimum absolute atomic E-state index is 0.141. The third-order valence-corrected chi connectivity index (χ3v) is 3.77. The van der Waals surface area contributed by atoms with E-state index < -0.39 is 0 Å². The SMILES string of the molecule is COc1cccc(C(=O)NCc2cc3c(cc2C)OCCO3)c1. The Kier molecular flexibility index (Phi) is 4.37. The summed E-state index contributed by atoms with van der Waals surface area (Å²) in [7, 11) is 1.58. The molecule has 5 heteroatoms. The average Bonchev–Trinajstić information content (AvgIpc) is 2.59. The van der Waals surface area contributed by atoms with Gasteiger partial charge in [0.2, 0.25) is 0 Å². The van der Waals surface area contributed by atoms with Crippen LogP contribution in [0.5, 0.6) is 17.2 Å². The molecule has 0 bridgehead atoms. The van der Waals surface area contributed by atoms with Crippen molar-refractivity contribution in [2.24, 2.45) is 0 Å². The summed E-state index contributed by atoms with van der Waals surface area (Å²) in [4.78, 5) is 12.3. The molecule has 0 unspecified atom stereocenters. The fourth-order valence-electron chi connectivity index (χ4n) is 2.46. The molecule has 0 radical (unpaired) electrons. The Labute approximate surface area is 135 Å². The quantitative estimate of drug-likeness (QED) is 0.943. The van der Waals surface area contributed by atoms with Crippen LogP contribution in [0.1, 0.15) is 21.5 Å². The number of rotatable bonds is 4. The van der Waals surface area contributed by atoms with Gasteiger partial charge in [0.25, 0.3) is 5.91 Å². The zero-order valence-electron chi connectivity index (χ0n) is 13.2. The van der Waals surface area contributed by atoms with Crippen molar-refractivity contribution in [3.05, 3.63) is 53.1 Å². The number of hydrogen-bond acceptors (Lipinski definition) is 4. The van der Waals surface area contributed by atoms with E-state index in [0.717, 1.165) is 22.6 Å². The van der Waals surface area contributed by atoms with Gasteiger partial charge in [-0.05, 0) is 48.4 Å². The van der Waals surface area contributed by atoms with Crippen LogP contribution in [0.4, 0.5) is 0 Å². The number of aryl methyl sites for hydroxylation is 1. The van der Waals surface area contributed by atoms with Crippen LogP contribution in [0.3, 0.4) is 0 Å². The number of nitrogens with one attached hydrogen (secondary N) is 1. The number of hydrogen-bond donors (Lipinski definition) is 1. The Hall–Kier alpha value is -2.69. The number of benzene rings is 2. The van der Waals surface area contributed by atoms with E-state index in [0.29, 0.717) is 31.1 Å². The topological polar surface area (TPSA) is 56.8 Å². The third kappa shape index (κ3) is 3.39. The van der Waals surface area contributed by atoms with E-state index >= 15 is 0 Å². The standard InChI is InChI=1S/C18H19NO4/c1-12-8-16-17(23-7-6-22-16)10-14(12)11-19-18(20)13-4-3-5-15(9-13)21-2/h3-5,8-10H,6-7,11H2,1-2H3,(H,19,20). The van der Waals surface area contributed by atoms with Crippen molar-refractivity contribution in [1.29, 1.82) is 0 Å². The van der Waals surface area contributed by atoms with Gasteiger partial charge in [0.1, 0.15) is 19.0 Å². The summed E-state index contributed by atoms with van der Waals surface area (Å²) in [6.07, 6.45) is 0. The summed E-state index contributed by atoms with van der Waals surface area (Å²) in [6, 6.07) is 10.9. The van der Waals surface area contributed by atoms with Crippen molar-refractivity contribution in [2.45, 2.75) is 13.5 Å². The van der Waals surface area contributed by atoms with Gasteiger partial charge in [-0.1, -0.05) is 6.07 Å². The Morgan fingerprint density at radius 1 is 1.17 bits per heavy atom. The predicted octanol–water partition coefficient (Wildman–Crippen LogP) is 2.70. The van der Waals surface area contributed by atoms with Crippen LogP contribution in [0.25, 0.3) is 0 Å². The Bertz CT molecular complexity index is 727. The number of ether oxygens (including phenoxy) is 3. The van der Waals surface area contributed by atoms with Gasteiger partial charge in [-0.25, -0.2) is 0 Å². The first kappa shape index (κ1) is 15.2. The second-order valence-electron chi connectivity index (χ2n) is 5.34. The summed E-state index contributed by atoms with van der Waals surface area (Å²) in [5.41, 5.74) is 2.63. The number of amides is 1. The van der Waals surface area contributed by atoms with E-state index in [-0.39, 0.29) is 5.91 Å². The first-order chi connectivity index (χ1) is 11.2. The lowest BCUT2D eigenvalue weighted by Gasteiger charge is -2.20. The summed E-state index contributed by atoms with van der Waals surface area (Å²) in [6.45, 7) is 3.54. The highest BCUT2D eigenvalue weighted by Crippen LogP contribution is 2.32. The highest BCUT2D eigenvalue weighted by atomic mass is 16.6. The van der Waals surface area contributed by atoms with Crippen molar-refractivity contribution in [1.82, 2.24) is 5.32 Å². The zero-order valence-corrected chi connectivity index (χ0v) is 13.2. The summed E-state index contributed by atoms with van der Waals surface area (Å²) >= 11 is 0. The van der Waals surface area contributed by atoms with Gasteiger partial charge >= 0.3 is 0 Å². The lowest BCUT2D eigenvalue weighted by Crippen LogP contribution is -2.23. The Morgan fingerprint density at radius 2 is 1.91 bits per heavy atom. The normalized spacial score (nSPS) is 12.6. The molecular weight excluding hydrogens is 294 g/mol. The average molecular weight is 313 g/mol. The molecule has 0 fully saturated rings. The number of carbonyl (C=O) groups excluding carboxylic acids is 1. The maximum atomic E-state index is 12.3. The van der Waals surface area contributed by atoms with Crippen LogP contribution in [0, 0.1) is 6.92 Å². The predicted molar refractivity (Wildman–Crippen MR) is 86.3 cm³/mol. The van der Waals surface area contributed by atoms with E-state index in [1.807, 2.05) is 25.1 Å². The van der Waals surface area contributed by atoms with Crippen molar-refractivity contribution < 1.29 is 19.0 Å². The van der Waals surface area contributed by atoms with Gasteiger partial charge in [0, 0.05) is 12.1 Å². The minimum Gasteiger partial charge on any atom is -0.497 e. The smallest absolute Gasteiger partial charge is 0.251 e. The summed E-state index contributed by atoms with van der Waals surface area (Å²) in [5, 5.41) is 2.92. The first-order valence-electron chi connectivity index (χ1n) is 7.49. The second kappa shape index (κ2) is 6.60. The molecule has 2 aromatic carbocycles. The van der Waals surface area contributed by atoms with Crippen LogP contribution in [0.15, 0.2) is 36.4 Å². The van der Waals surface area contributed by atoms with Gasteiger partial charge < -0.3 is 19.5 Å². The van der Waals surface area contributed by atoms with E-state index in [1.165, 1.54) is 0 Å². The molecule has 1 aliphatic heterocycles. The number of fused-ring (bicyclic) bond motifs is 1. The van der Waals surface area contributed by atoms with Crippen molar-refractivity contribution >= 4 is 5.91 Å². The molecule has 1 heterocycles. The Balaban J connectivity index is 1.71. The molecule has 0 atom stereocenters. The van der Waals surface area contributed by atoms with Crippen LogP contribution < -0.4 is 19.5 Å². The monoisotopic (exact) mass is 313 g/mol. The number of methoxy groups -OCH3 is 1. The molecule has 0 aromatic heterocycles. The molecule has 0 aliphatic carbocycles. The first-order valence-corrected chi connectivity index (χ1v) is 7.49. The van der Waals surface area contributed by atoms with E-state index in [1.54, 1.807) is 25.3 Å². The molecule has 2 aromatic rings. The second-order valence-corrected chi connectivity index (χ2v) is 5.34. The van der Waals surface area contributed by atoms with Crippen LogP contribution in [0.2, 0.25) is 0 Å². The summed E-state index contributed by atoms with van der Waals surface area (Å²) < 4.78 is 16.3. The minimum atomic E-state index is -0.141. The van der Waals surface area contributed by atoms with E-state index in [4.69, 9.17) is 14.2 Å². The molecule has 120 valence electrons. The zero-order chi connectivity index (χ0) is 16.2. The van der Waals surface area contributed by atoms with E-state index in [9.17, 15) is 4.79 Å². The van der Waals surface area contributed by atoms with Crippen molar-refractivity contribution in [3.8, 4) is 17.2 Å². The highest BCUT2D eigenvalue weighted by Gasteiger charge is 2.15. The molecule has 5 nitrogen and oxygen atoms in total. The van der Waals surface area contributed by atoms with Gasteiger partial charge in [0.05, 0.1) is 7.11 Å². The van der Waals surface area contributed by atoms with Crippen LogP contribution in [-0.2, 0) is 6.54 Å². The highest BCUT2D eigenvalue weighted by molar-refractivity contribution is 5.94. The molecule has 0 spiro atoms. The summed E-state index contributed by atoms with van der Waals surface area (Å²) in [5.74, 6) is 2.01. The molecule has 23 heavy (non-hydrogen) atoms. The molecule has 0 saturated carbocycles. The molecule has 0 saturated heterocycles. The maximum Gasteiger partial charge on any atom is 0.251 e. The lowest BCUT2D eigenvalue weighted by molar-refractivity contribution is 0.0950. The van der Waals surface area contributed by atoms with Crippen molar-refractivity contribution in [3.63, 3.8) is 0 Å². The van der Waals surface area contributed by atoms with E-state index in [2.05, 4.69) is 5.32 Å². The largest absolute Gasteiger partial charge is 0.497 e. The van der Waals surface area contributed by atoms with Gasteiger partial charge in [-0.3, -0.25) is 4.79 Å². The van der Waals surface area contributed by atoms with Gasteiger partial charge in [0.15, 0.2) is 11.5 Å². The lowest BCUT2D eigenvalue weighted by atomic mass is 10.1. The van der Waals surface area contributed by atoms with Gasteiger partial charge in [-0.2, -0.15) is 0 Å². The van der Waals surface area contributed by atoms with Crippen molar-refractivity contribution in [2.75, 3.05) is 20.3 Å². The fraction of sp³-hybridized carbons (Fsp3) is 0.278. The van der Waals surface area contributed by atoms with Crippen LogP contribution in [-0.4, -0.2) is 26.2 Å². The Morgan fingerprint density at radius 3 is 2.65 bits per heavy atom. The van der Waals surface area contributed by atoms with Gasteiger partial charge in [-0.15, -0.1) is 0 Å². The molecular formula is C18H19NO4. The van der Waals surface area contributed by atoms with Crippen LogP contribution >= 0.6 is 0 Å². The molecule has 3 rings (SSSR count). The fourth-order valence-corrected chi connectivity index (χ4v) is 2.46. The molecule has 1 aliphatic rings. The molecule has 1 amide bonds. The molecule has 1 N–H and O–H groups in total. The maximum absolute atomic E-state index is 12.3.